The van der Waals surface area contributed by atoms with E-state index in [1.165, 1.54) is 16.7 Å². The van der Waals surface area contributed by atoms with Crippen molar-refractivity contribution in [3.05, 3.63) is 35.7 Å². The summed E-state index contributed by atoms with van der Waals surface area (Å²) in [6, 6.07) is 5.76. The van der Waals surface area contributed by atoms with Crippen LogP contribution < -0.4 is 4.90 Å². The van der Waals surface area contributed by atoms with E-state index in [9.17, 15) is 19.2 Å². The van der Waals surface area contributed by atoms with Crippen LogP contribution >= 0.6 is 11.8 Å². The third kappa shape index (κ3) is 5.22. The zero-order valence-corrected chi connectivity index (χ0v) is 22.0. The minimum absolute atomic E-state index is 0.0196. The monoisotopic (exact) mass is 529 g/mol. The molecule has 1 unspecified atom stereocenters. The first kappa shape index (κ1) is 26.7. The standard InChI is InChI=1S/C26H31N3O7S/c1-4-34-23(31)19-20(24(32)35-5-2)29-17-14-10-11-15-18(17)37-26(29)27-21(19)28(16-12-8-7-9-13-16)22(30)25(33)36-6-3/h10-11,14-16,20H,4-9,12-13H2,1-3H3. The van der Waals surface area contributed by atoms with Gasteiger partial charge in [-0.2, -0.15) is 0 Å². The molecule has 1 amide bonds. The Bertz CT molecular complexity index is 1140. The lowest BCUT2D eigenvalue weighted by molar-refractivity contribution is -0.160. The van der Waals surface area contributed by atoms with Gasteiger partial charge in [0.25, 0.3) is 0 Å². The molecule has 198 valence electrons. The maximum atomic E-state index is 13.5. The highest BCUT2D eigenvalue weighted by Crippen LogP contribution is 2.46. The Morgan fingerprint density at radius 1 is 0.973 bits per heavy atom. The van der Waals surface area contributed by atoms with E-state index in [1.807, 2.05) is 24.3 Å². The van der Waals surface area contributed by atoms with Crippen molar-refractivity contribution in [2.45, 2.75) is 69.9 Å². The quantitative estimate of drug-likeness (QED) is 0.298. The second-order valence-corrected chi connectivity index (χ2v) is 9.64. The molecule has 0 bridgehead atoms. The van der Waals surface area contributed by atoms with Crippen LogP contribution in [-0.2, 0) is 33.4 Å². The maximum Gasteiger partial charge on any atom is 0.397 e. The van der Waals surface area contributed by atoms with Gasteiger partial charge >= 0.3 is 23.8 Å². The summed E-state index contributed by atoms with van der Waals surface area (Å²) >= 11 is 1.31. The number of rotatable bonds is 7. The van der Waals surface area contributed by atoms with E-state index < -0.39 is 35.9 Å². The Balaban J connectivity index is 1.94. The highest BCUT2D eigenvalue weighted by molar-refractivity contribution is 8.14. The van der Waals surface area contributed by atoms with E-state index in [0.29, 0.717) is 23.7 Å². The summed E-state index contributed by atoms with van der Waals surface area (Å²) in [7, 11) is 0. The molecule has 1 atom stereocenters. The van der Waals surface area contributed by atoms with Gasteiger partial charge in [0.05, 0.1) is 25.5 Å². The molecule has 0 saturated heterocycles. The van der Waals surface area contributed by atoms with Crippen molar-refractivity contribution >= 4 is 46.4 Å². The summed E-state index contributed by atoms with van der Waals surface area (Å²) in [5, 5.41) is 0.403. The number of nitrogens with zero attached hydrogens (tertiary/aromatic N) is 3. The van der Waals surface area contributed by atoms with Crippen LogP contribution in [0.1, 0.15) is 52.9 Å². The largest absolute Gasteiger partial charge is 0.464 e. The summed E-state index contributed by atoms with van der Waals surface area (Å²) in [4.78, 5) is 61.6. The Labute approximate surface area is 220 Å². The molecular weight excluding hydrogens is 498 g/mol. The average molecular weight is 530 g/mol. The van der Waals surface area contributed by atoms with E-state index in [0.717, 1.165) is 24.2 Å². The van der Waals surface area contributed by atoms with Gasteiger partial charge in [-0.15, -0.1) is 0 Å². The zero-order valence-electron chi connectivity index (χ0n) is 21.2. The molecule has 1 fully saturated rings. The van der Waals surface area contributed by atoms with E-state index in [-0.39, 0.29) is 31.2 Å². The van der Waals surface area contributed by atoms with E-state index in [1.54, 1.807) is 25.7 Å². The van der Waals surface area contributed by atoms with Gasteiger partial charge in [0.1, 0.15) is 5.57 Å². The number of amides is 1. The maximum absolute atomic E-state index is 13.5. The Morgan fingerprint density at radius 2 is 1.65 bits per heavy atom. The SMILES string of the molecule is CCOC(=O)C(=O)N(C1=C(C(=O)OCC)C(C(=O)OCC)N2C(=N1)Sc1ccccc12)C1CCCCC1. The van der Waals surface area contributed by atoms with E-state index in [2.05, 4.69) is 0 Å². The predicted molar refractivity (Wildman–Crippen MR) is 137 cm³/mol. The number of fused-ring (bicyclic) bond motifs is 3. The van der Waals surface area contributed by atoms with Crippen LogP contribution in [0, 0.1) is 0 Å². The Hall–Kier alpha value is -3.34. The lowest BCUT2D eigenvalue weighted by Crippen LogP contribution is -2.53. The van der Waals surface area contributed by atoms with Crippen LogP contribution in [0.5, 0.6) is 0 Å². The molecule has 11 heteroatoms. The highest BCUT2D eigenvalue weighted by Gasteiger charge is 2.49. The fraction of sp³-hybridized carbons (Fsp3) is 0.500. The number of esters is 3. The van der Waals surface area contributed by atoms with Crippen LogP contribution in [-0.4, -0.2) is 65.8 Å². The molecule has 0 aromatic heterocycles. The molecule has 2 aliphatic heterocycles. The number of para-hydroxylation sites is 1. The van der Waals surface area contributed by atoms with Gasteiger partial charge in [0.2, 0.25) is 0 Å². The average Bonchev–Trinajstić information content (AvgIpc) is 3.27. The van der Waals surface area contributed by atoms with Gasteiger partial charge in [-0.05, 0) is 57.5 Å². The molecule has 10 nitrogen and oxygen atoms in total. The van der Waals surface area contributed by atoms with Crippen molar-refractivity contribution in [1.82, 2.24) is 4.90 Å². The highest BCUT2D eigenvalue weighted by atomic mass is 32.2. The number of anilines is 1. The number of thioether (sulfide) groups is 1. The predicted octanol–water partition coefficient (Wildman–Crippen LogP) is 3.40. The number of hydrogen-bond acceptors (Lipinski definition) is 10. The fourth-order valence-electron chi connectivity index (χ4n) is 4.83. The summed E-state index contributed by atoms with van der Waals surface area (Å²) in [6.07, 6.45) is 3.95. The molecule has 4 rings (SSSR count). The summed E-state index contributed by atoms with van der Waals surface area (Å²) in [6.45, 7) is 5.09. The molecule has 0 spiro atoms. The van der Waals surface area contributed by atoms with Crippen molar-refractivity contribution in [2.24, 2.45) is 4.99 Å². The Kier molecular flexibility index (Phi) is 8.52. The first-order valence-corrected chi connectivity index (χ1v) is 13.5. The first-order chi connectivity index (χ1) is 17.9. The summed E-state index contributed by atoms with van der Waals surface area (Å²) < 4.78 is 15.8. The molecule has 0 radical (unpaired) electrons. The molecule has 2 heterocycles. The van der Waals surface area contributed by atoms with Crippen molar-refractivity contribution in [3.63, 3.8) is 0 Å². The number of carbonyl (C=O) groups excluding carboxylic acids is 4. The van der Waals surface area contributed by atoms with Crippen LogP contribution in [0.25, 0.3) is 0 Å². The molecule has 37 heavy (non-hydrogen) atoms. The molecular formula is C26H31N3O7S. The van der Waals surface area contributed by atoms with Crippen molar-refractivity contribution < 1.29 is 33.4 Å². The van der Waals surface area contributed by atoms with Crippen LogP contribution in [0.15, 0.2) is 45.5 Å². The number of aliphatic imine (C=N–C) groups is 1. The minimum Gasteiger partial charge on any atom is -0.464 e. The third-order valence-electron chi connectivity index (χ3n) is 6.35. The van der Waals surface area contributed by atoms with Gasteiger partial charge in [-0.3, -0.25) is 9.69 Å². The minimum atomic E-state index is -1.25. The van der Waals surface area contributed by atoms with Gasteiger partial charge in [-0.25, -0.2) is 19.4 Å². The topological polar surface area (TPSA) is 115 Å². The fourth-order valence-corrected chi connectivity index (χ4v) is 5.88. The Morgan fingerprint density at radius 3 is 2.32 bits per heavy atom. The summed E-state index contributed by atoms with van der Waals surface area (Å²) in [5.41, 5.74) is 0.552. The zero-order chi connectivity index (χ0) is 26.5. The first-order valence-electron chi connectivity index (χ1n) is 12.7. The van der Waals surface area contributed by atoms with Gasteiger partial charge in [-0.1, -0.05) is 31.4 Å². The second-order valence-electron chi connectivity index (χ2n) is 8.63. The van der Waals surface area contributed by atoms with Gasteiger partial charge in [0.15, 0.2) is 17.0 Å². The van der Waals surface area contributed by atoms with Crippen LogP contribution in [0.3, 0.4) is 0 Å². The number of carbonyl (C=O) groups is 4. The summed E-state index contributed by atoms with van der Waals surface area (Å²) in [5.74, 6) is -3.51. The van der Waals surface area contributed by atoms with Crippen molar-refractivity contribution in [1.29, 1.82) is 0 Å². The number of hydrogen-bond donors (Lipinski definition) is 0. The molecule has 1 aromatic rings. The van der Waals surface area contributed by atoms with Crippen molar-refractivity contribution in [2.75, 3.05) is 24.7 Å². The molecule has 1 aromatic carbocycles. The molecule has 0 N–H and O–H groups in total. The van der Waals surface area contributed by atoms with E-state index in [4.69, 9.17) is 19.2 Å². The molecule has 3 aliphatic rings. The van der Waals surface area contributed by atoms with E-state index >= 15 is 0 Å². The second kappa shape index (κ2) is 11.8. The molecule has 1 saturated carbocycles. The normalized spacial score (nSPS) is 18.9. The lowest BCUT2D eigenvalue weighted by atomic mass is 9.93. The van der Waals surface area contributed by atoms with Gasteiger partial charge in [0, 0.05) is 10.9 Å². The smallest absolute Gasteiger partial charge is 0.397 e. The number of amidine groups is 1. The number of ether oxygens (including phenoxy) is 3. The number of benzene rings is 1. The lowest BCUT2D eigenvalue weighted by Gasteiger charge is -2.39. The van der Waals surface area contributed by atoms with Gasteiger partial charge < -0.3 is 19.1 Å². The van der Waals surface area contributed by atoms with Crippen molar-refractivity contribution in [3.8, 4) is 0 Å². The third-order valence-corrected chi connectivity index (χ3v) is 7.38. The molecule has 1 aliphatic carbocycles. The van der Waals surface area contributed by atoms with Crippen LogP contribution in [0.4, 0.5) is 5.69 Å². The van der Waals surface area contributed by atoms with Crippen LogP contribution in [0.2, 0.25) is 0 Å².